The SMILES string of the molecule is CC1(Oc2ccc(CBr)cc2)C=CC=CC1C(=O)O. The Hall–Kier alpha value is -1.55. The van der Waals surface area contributed by atoms with E-state index in [9.17, 15) is 9.90 Å². The van der Waals surface area contributed by atoms with Gasteiger partial charge in [-0.25, -0.2) is 0 Å². The van der Waals surface area contributed by atoms with Crippen molar-refractivity contribution in [2.24, 2.45) is 5.92 Å². The zero-order valence-electron chi connectivity index (χ0n) is 10.5. The largest absolute Gasteiger partial charge is 0.482 e. The zero-order chi connectivity index (χ0) is 13.9. The van der Waals surface area contributed by atoms with E-state index in [1.807, 2.05) is 30.3 Å². The van der Waals surface area contributed by atoms with Gasteiger partial charge in [-0.3, -0.25) is 4.79 Å². The van der Waals surface area contributed by atoms with Crippen LogP contribution in [0.5, 0.6) is 5.75 Å². The van der Waals surface area contributed by atoms with E-state index in [1.165, 1.54) is 0 Å². The molecule has 1 N–H and O–H groups in total. The molecule has 0 spiro atoms. The smallest absolute Gasteiger partial charge is 0.314 e. The minimum Gasteiger partial charge on any atom is -0.482 e. The van der Waals surface area contributed by atoms with Gasteiger partial charge >= 0.3 is 5.97 Å². The quantitative estimate of drug-likeness (QED) is 0.862. The van der Waals surface area contributed by atoms with Gasteiger partial charge in [0.15, 0.2) is 0 Å². The highest BCUT2D eigenvalue weighted by atomic mass is 79.9. The van der Waals surface area contributed by atoms with Crippen molar-refractivity contribution in [1.29, 1.82) is 0 Å². The van der Waals surface area contributed by atoms with Crippen LogP contribution in [0.2, 0.25) is 0 Å². The van der Waals surface area contributed by atoms with Crippen LogP contribution < -0.4 is 4.74 Å². The van der Waals surface area contributed by atoms with Gasteiger partial charge in [0.25, 0.3) is 0 Å². The molecule has 2 atom stereocenters. The third-order valence-electron chi connectivity index (χ3n) is 3.14. The molecule has 0 aromatic heterocycles. The van der Waals surface area contributed by atoms with Crippen LogP contribution in [0.3, 0.4) is 0 Å². The predicted octanol–water partition coefficient (Wildman–Crippen LogP) is 3.55. The Balaban J connectivity index is 2.21. The standard InChI is InChI=1S/C15H15BrO3/c1-15(9-3-2-4-13(15)14(17)18)19-12-7-5-11(10-16)6-8-12/h2-9,13H,10H2,1H3,(H,17,18). The molecule has 0 radical (unpaired) electrons. The Labute approximate surface area is 120 Å². The Morgan fingerprint density at radius 3 is 2.63 bits per heavy atom. The molecule has 0 aliphatic heterocycles. The monoisotopic (exact) mass is 322 g/mol. The average Bonchev–Trinajstić information content (AvgIpc) is 2.39. The van der Waals surface area contributed by atoms with Gasteiger partial charge in [0, 0.05) is 5.33 Å². The maximum Gasteiger partial charge on any atom is 0.314 e. The number of carbonyl (C=O) groups is 1. The van der Waals surface area contributed by atoms with Gasteiger partial charge in [-0.15, -0.1) is 0 Å². The van der Waals surface area contributed by atoms with Gasteiger partial charge in [-0.1, -0.05) is 46.3 Å². The fourth-order valence-corrected chi connectivity index (χ4v) is 2.42. The first-order valence-electron chi connectivity index (χ1n) is 5.98. The molecule has 2 unspecified atom stereocenters. The van der Waals surface area contributed by atoms with E-state index in [0.717, 1.165) is 10.9 Å². The number of benzene rings is 1. The lowest BCUT2D eigenvalue weighted by molar-refractivity contribution is -0.144. The molecule has 1 aliphatic carbocycles. The van der Waals surface area contributed by atoms with E-state index < -0.39 is 17.5 Å². The number of allylic oxidation sites excluding steroid dienone is 2. The normalized spacial score (nSPS) is 25.3. The molecule has 0 saturated heterocycles. The molecule has 0 heterocycles. The minimum absolute atomic E-state index is 0.665. The molecular weight excluding hydrogens is 308 g/mol. The lowest BCUT2D eigenvalue weighted by Gasteiger charge is -2.33. The number of carboxylic acid groups (broad SMARTS) is 1. The number of rotatable bonds is 4. The molecule has 100 valence electrons. The van der Waals surface area contributed by atoms with Crippen LogP contribution in [0.4, 0.5) is 0 Å². The summed E-state index contributed by atoms with van der Waals surface area (Å²) in [4.78, 5) is 11.3. The molecule has 3 nitrogen and oxygen atoms in total. The van der Waals surface area contributed by atoms with Crippen LogP contribution in [-0.4, -0.2) is 16.7 Å². The number of halogens is 1. The molecule has 2 rings (SSSR count). The van der Waals surface area contributed by atoms with Gasteiger partial charge in [-0.2, -0.15) is 0 Å². The average molecular weight is 323 g/mol. The minimum atomic E-state index is -0.889. The summed E-state index contributed by atoms with van der Waals surface area (Å²) in [6.45, 7) is 1.78. The molecule has 0 saturated carbocycles. The fraction of sp³-hybridized carbons (Fsp3) is 0.267. The van der Waals surface area contributed by atoms with E-state index in [2.05, 4.69) is 15.9 Å². The van der Waals surface area contributed by atoms with Gasteiger partial charge in [-0.05, 0) is 30.7 Å². The molecule has 0 bridgehead atoms. The second-order valence-corrected chi connectivity index (χ2v) is 5.18. The van der Waals surface area contributed by atoms with Crippen molar-refractivity contribution in [2.75, 3.05) is 0 Å². The van der Waals surface area contributed by atoms with Crippen LogP contribution in [0.25, 0.3) is 0 Å². The summed E-state index contributed by atoms with van der Waals surface area (Å²) in [5.41, 5.74) is 0.280. The number of carboxylic acids is 1. The lowest BCUT2D eigenvalue weighted by Crippen LogP contribution is -2.43. The van der Waals surface area contributed by atoms with Crippen LogP contribution >= 0.6 is 15.9 Å². The highest BCUT2D eigenvalue weighted by molar-refractivity contribution is 9.08. The third kappa shape index (κ3) is 3.07. The lowest BCUT2D eigenvalue weighted by atomic mass is 9.85. The van der Waals surface area contributed by atoms with Crippen LogP contribution in [-0.2, 0) is 10.1 Å². The zero-order valence-corrected chi connectivity index (χ0v) is 12.1. The number of ether oxygens (including phenoxy) is 1. The number of alkyl halides is 1. The first-order chi connectivity index (χ1) is 9.05. The van der Waals surface area contributed by atoms with Crippen molar-refractivity contribution >= 4 is 21.9 Å². The maximum absolute atomic E-state index is 11.3. The van der Waals surface area contributed by atoms with E-state index in [1.54, 1.807) is 25.2 Å². The molecular formula is C15H15BrO3. The summed E-state index contributed by atoms with van der Waals surface area (Å²) in [7, 11) is 0. The van der Waals surface area contributed by atoms with Gasteiger partial charge in [0.1, 0.15) is 17.3 Å². The highest BCUT2D eigenvalue weighted by Crippen LogP contribution is 2.30. The fourth-order valence-electron chi connectivity index (χ4n) is 2.04. The first kappa shape index (κ1) is 13.9. The van der Waals surface area contributed by atoms with E-state index >= 15 is 0 Å². The maximum atomic E-state index is 11.3. The summed E-state index contributed by atoms with van der Waals surface area (Å²) in [6, 6.07) is 7.61. The molecule has 0 amide bonds. The molecule has 4 heteroatoms. The Kier molecular flexibility index (Phi) is 4.10. The number of hydrogen-bond donors (Lipinski definition) is 1. The van der Waals surface area contributed by atoms with E-state index in [-0.39, 0.29) is 0 Å². The number of hydrogen-bond acceptors (Lipinski definition) is 2. The predicted molar refractivity (Wildman–Crippen MR) is 77.5 cm³/mol. The second kappa shape index (κ2) is 5.61. The molecule has 1 aromatic rings. The molecule has 1 aromatic carbocycles. The summed E-state index contributed by atoms with van der Waals surface area (Å²) < 4.78 is 5.88. The highest BCUT2D eigenvalue weighted by Gasteiger charge is 2.38. The Bertz CT molecular complexity index is 519. The molecule has 19 heavy (non-hydrogen) atoms. The third-order valence-corrected chi connectivity index (χ3v) is 3.79. The van der Waals surface area contributed by atoms with Crippen molar-refractivity contribution < 1.29 is 14.6 Å². The van der Waals surface area contributed by atoms with E-state index in [0.29, 0.717) is 5.75 Å². The van der Waals surface area contributed by atoms with Crippen molar-refractivity contribution in [3.63, 3.8) is 0 Å². The molecule has 0 fully saturated rings. The van der Waals surface area contributed by atoms with Crippen LogP contribution in [0.15, 0.2) is 48.6 Å². The van der Waals surface area contributed by atoms with E-state index in [4.69, 9.17) is 4.74 Å². The first-order valence-corrected chi connectivity index (χ1v) is 7.10. The van der Waals surface area contributed by atoms with Crippen molar-refractivity contribution in [3.05, 3.63) is 54.1 Å². The molecule has 1 aliphatic rings. The topological polar surface area (TPSA) is 46.5 Å². The van der Waals surface area contributed by atoms with Crippen LogP contribution in [0, 0.1) is 5.92 Å². The summed E-state index contributed by atoms with van der Waals surface area (Å²) >= 11 is 3.38. The van der Waals surface area contributed by atoms with Crippen molar-refractivity contribution in [2.45, 2.75) is 17.9 Å². The summed E-state index contributed by atoms with van der Waals surface area (Å²) in [6.07, 6.45) is 6.98. The van der Waals surface area contributed by atoms with Gasteiger partial charge < -0.3 is 9.84 Å². The summed E-state index contributed by atoms with van der Waals surface area (Å²) in [5.74, 6) is -0.910. The van der Waals surface area contributed by atoms with Crippen molar-refractivity contribution in [1.82, 2.24) is 0 Å². The van der Waals surface area contributed by atoms with Gasteiger partial charge in [0.05, 0.1) is 0 Å². The van der Waals surface area contributed by atoms with Crippen molar-refractivity contribution in [3.8, 4) is 5.75 Å². The Morgan fingerprint density at radius 2 is 2.05 bits per heavy atom. The van der Waals surface area contributed by atoms with Crippen LogP contribution in [0.1, 0.15) is 12.5 Å². The number of aliphatic carboxylic acids is 1. The second-order valence-electron chi connectivity index (χ2n) is 4.62. The Morgan fingerprint density at radius 1 is 1.37 bits per heavy atom. The van der Waals surface area contributed by atoms with Gasteiger partial charge in [0.2, 0.25) is 0 Å². The summed E-state index contributed by atoms with van der Waals surface area (Å²) in [5, 5.41) is 10.0.